The quantitative estimate of drug-likeness (QED) is 0.604. The maximum absolute atomic E-state index is 5.50. The van der Waals surface area contributed by atoms with E-state index in [1.807, 2.05) is 0 Å². The molecular weight excluding hydrogens is 158 g/mol. The Balaban J connectivity index is 1.90. The minimum absolute atomic E-state index is 0.223. The van der Waals surface area contributed by atoms with Crippen molar-refractivity contribution in [2.75, 3.05) is 26.9 Å². The Bertz CT molecular complexity index is 193. The van der Waals surface area contributed by atoms with E-state index >= 15 is 0 Å². The van der Waals surface area contributed by atoms with Gasteiger partial charge in [0.2, 0.25) is 0 Å². The molecule has 0 aromatic rings. The number of rotatable bonds is 2. The monoisotopic (exact) mass is 171 g/mol. The lowest BCUT2D eigenvalue weighted by Gasteiger charge is -2.25. The summed E-state index contributed by atoms with van der Waals surface area (Å²) in [7, 11) is 1.69. The summed E-state index contributed by atoms with van der Waals surface area (Å²) >= 11 is 0. The molecule has 0 saturated carbocycles. The smallest absolute Gasteiger partial charge is 0.125 e. The molecule has 1 fully saturated rings. The Morgan fingerprint density at radius 3 is 3.42 bits per heavy atom. The van der Waals surface area contributed by atoms with Crippen molar-refractivity contribution in [2.45, 2.75) is 12.5 Å². The predicted octanol–water partition coefficient (Wildman–Crippen LogP) is 0.424. The summed E-state index contributed by atoms with van der Waals surface area (Å²) < 4.78 is 10.5. The minimum atomic E-state index is 0.223. The molecule has 0 amide bonds. The van der Waals surface area contributed by atoms with Crippen LogP contribution in [0, 0.1) is 5.92 Å². The van der Waals surface area contributed by atoms with Crippen LogP contribution in [0.5, 0.6) is 0 Å². The highest BCUT2D eigenvalue weighted by Crippen LogP contribution is 2.23. The molecule has 0 bridgehead atoms. The van der Waals surface area contributed by atoms with Crippen LogP contribution in [0.4, 0.5) is 0 Å². The number of methoxy groups -OCH3 is 1. The van der Waals surface area contributed by atoms with E-state index in [1.54, 1.807) is 7.11 Å². The zero-order valence-electron chi connectivity index (χ0n) is 7.16. The number of fused-ring (bicyclic) bond motifs is 1. The van der Waals surface area contributed by atoms with Crippen LogP contribution in [0.25, 0.3) is 0 Å². The van der Waals surface area contributed by atoms with Gasteiger partial charge >= 0.3 is 0 Å². The molecular formula is C8H13NO3. The van der Waals surface area contributed by atoms with Gasteiger partial charge in [-0.25, -0.2) is 0 Å². The van der Waals surface area contributed by atoms with Gasteiger partial charge in [-0.1, -0.05) is 5.16 Å². The van der Waals surface area contributed by atoms with Crippen molar-refractivity contribution in [3.8, 4) is 0 Å². The summed E-state index contributed by atoms with van der Waals surface area (Å²) in [4.78, 5) is 4.99. The molecule has 2 aliphatic heterocycles. The third-order valence-electron chi connectivity index (χ3n) is 2.30. The highest BCUT2D eigenvalue weighted by Gasteiger charge is 2.31. The zero-order valence-corrected chi connectivity index (χ0v) is 7.16. The van der Waals surface area contributed by atoms with Crippen LogP contribution in [0.1, 0.15) is 6.42 Å². The van der Waals surface area contributed by atoms with Crippen LogP contribution < -0.4 is 0 Å². The molecule has 0 unspecified atom stereocenters. The van der Waals surface area contributed by atoms with Crippen LogP contribution in [0.3, 0.4) is 0 Å². The first-order valence-electron chi connectivity index (χ1n) is 4.19. The van der Waals surface area contributed by atoms with Crippen molar-refractivity contribution in [3.63, 3.8) is 0 Å². The van der Waals surface area contributed by atoms with Crippen LogP contribution in [-0.4, -0.2) is 38.7 Å². The fourth-order valence-electron chi connectivity index (χ4n) is 1.62. The van der Waals surface area contributed by atoms with Gasteiger partial charge in [0.1, 0.15) is 6.61 Å². The molecule has 1 saturated heterocycles. The van der Waals surface area contributed by atoms with Gasteiger partial charge in [-0.15, -0.1) is 0 Å². The molecule has 2 heterocycles. The lowest BCUT2D eigenvalue weighted by molar-refractivity contribution is -0.00837. The summed E-state index contributed by atoms with van der Waals surface area (Å²) in [6.07, 6.45) is 1.20. The van der Waals surface area contributed by atoms with Gasteiger partial charge in [0.15, 0.2) is 0 Å². The maximum Gasteiger partial charge on any atom is 0.125 e. The second kappa shape index (κ2) is 3.41. The van der Waals surface area contributed by atoms with Gasteiger partial charge < -0.3 is 14.3 Å². The highest BCUT2D eigenvalue weighted by atomic mass is 16.6. The lowest BCUT2D eigenvalue weighted by Crippen LogP contribution is -2.35. The van der Waals surface area contributed by atoms with Crippen molar-refractivity contribution in [1.82, 2.24) is 0 Å². The van der Waals surface area contributed by atoms with Gasteiger partial charge in [0.05, 0.1) is 25.0 Å². The largest absolute Gasteiger partial charge is 0.395 e. The van der Waals surface area contributed by atoms with Gasteiger partial charge in [-0.2, -0.15) is 0 Å². The second-order valence-electron chi connectivity index (χ2n) is 3.20. The van der Waals surface area contributed by atoms with Crippen LogP contribution in [-0.2, 0) is 14.3 Å². The van der Waals surface area contributed by atoms with Crippen molar-refractivity contribution in [2.24, 2.45) is 11.1 Å². The van der Waals surface area contributed by atoms with Crippen molar-refractivity contribution in [3.05, 3.63) is 0 Å². The Labute approximate surface area is 71.5 Å². The molecule has 0 aromatic carbocycles. The Morgan fingerprint density at radius 1 is 1.67 bits per heavy atom. The molecule has 0 N–H and O–H groups in total. The normalized spacial score (nSPS) is 33.9. The van der Waals surface area contributed by atoms with E-state index in [2.05, 4.69) is 5.16 Å². The summed E-state index contributed by atoms with van der Waals surface area (Å²) in [5.74, 6) is 0.471. The Morgan fingerprint density at radius 2 is 2.58 bits per heavy atom. The van der Waals surface area contributed by atoms with Crippen LogP contribution in [0.2, 0.25) is 0 Å². The van der Waals surface area contributed by atoms with Gasteiger partial charge in [-0.3, -0.25) is 0 Å². The molecule has 2 atom stereocenters. The molecule has 4 nitrogen and oxygen atoms in total. The number of oxime groups is 1. The molecule has 4 heteroatoms. The average molecular weight is 171 g/mol. The van der Waals surface area contributed by atoms with Gasteiger partial charge in [-0.05, 0) is 6.42 Å². The van der Waals surface area contributed by atoms with E-state index in [9.17, 15) is 0 Å². The molecule has 0 aromatic heterocycles. The molecule has 0 aliphatic carbocycles. The maximum atomic E-state index is 5.50. The fourth-order valence-corrected chi connectivity index (χ4v) is 1.62. The molecule has 0 spiro atoms. The van der Waals surface area contributed by atoms with Crippen molar-refractivity contribution < 1.29 is 14.3 Å². The summed E-state index contributed by atoms with van der Waals surface area (Å²) in [5.41, 5.74) is 1.06. The minimum Gasteiger partial charge on any atom is -0.395 e. The standard InChI is InChI=1S/C8H13NO3/c1-10-4-7-2-6-3-12-9-8(6)5-11-7/h6-7H,2-5H2,1H3/t6-,7+/m0/s1. The van der Waals surface area contributed by atoms with Crippen LogP contribution in [0.15, 0.2) is 5.16 Å². The summed E-state index contributed by atoms with van der Waals surface area (Å²) in [6.45, 7) is 2.00. The average Bonchev–Trinajstić information content (AvgIpc) is 2.51. The molecule has 12 heavy (non-hydrogen) atoms. The van der Waals surface area contributed by atoms with E-state index in [4.69, 9.17) is 14.3 Å². The number of hydrogen-bond acceptors (Lipinski definition) is 4. The van der Waals surface area contributed by atoms with Crippen LogP contribution >= 0.6 is 0 Å². The van der Waals surface area contributed by atoms with E-state index in [0.717, 1.165) is 18.7 Å². The van der Waals surface area contributed by atoms with Gasteiger partial charge in [0, 0.05) is 13.0 Å². The zero-order chi connectivity index (χ0) is 8.39. The predicted molar refractivity (Wildman–Crippen MR) is 43.1 cm³/mol. The van der Waals surface area contributed by atoms with Gasteiger partial charge in [0.25, 0.3) is 0 Å². The number of ether oxygens (including phenoxy) is 2. The first-order valence-corrected chi connectivity index (χ1v) is 4.19. The molecule has 2 rings (SSSR count). The highest BCUT2D eigenvalue weighted by molar-refractivity contribution is 5.89. The SMILES string of the molecule is COC[C@H]1C[C@H]2CON=C2CO1. The third kappa shape index (κ3) is 1.44. The lowest BCUT2D eigenvalue weighted by atomic mass is 9.95. The first-order chi connectivity index (χ1) is 5.90. The number of hydrogen-bond donors (Lipinski definition) is 0. The molecule has 68 valence electrons. The van der Waals surface area contributed by atoms with E-state index < -0.39 is 0 Å². The van der Waals surface area contributed by atoms with E-state index in [0.29, 0.717) is 19.1 Å². The van der Waals surface area contributed by atoms with Crippen molar-refractivity contribution >= 4 is 5.71 Å². The second-order valence-corrected chi connectivity index (χ2v) is 3.20. The first kappa shape index (κ1) is 8.01. The summed E-state index contributed by atoms with van der Waals surface area (Å²) in [5, 5.41) is 3.90. The van der Waals surface area contributed by atoms with E-state index in [1.165, 1.54) is 0 Å². The summed E-state index contributed by atoms with van der Waals surface area (Å²) in [6, 6.07) is 0. The molecule has 2 aliphatic rings. The van der Waals surface area contributed by atoms with Crippen molar-refractivity contribution in [1.29, 1.82) is 0 Å². The fraction of sp³-hybridized carbons (Fsp3) is 0.875. The Hall–Kier alpha value is -0.610. The third-order valence-corrected chi connectivity index (χ3v) is 2.30. The number of nitrogens with zero attached hydrogens (tertiary/aromatic N) is 1. The topological polar surface area (TPSA) is 40.0 Å². The Kier molecular flexibility index (Phi) is 2.28. The molecule has 0 radical (unpaired) electrons. The van der Waals surface area contributed by atoms with E-state index in [-0.39, 0.29) is 6.10 Å².